The molecule has 5 nitrogen and oxygen atoms in total. The van der Waals surface area contributed by atoms with Crippen LogP contribution in [0.2, 0.25) is 0 Å². The molecular formula is C20H36N2O3P2. The average Bonchev–Trinajstić information content (AvgIpc) is 3.53. The summed E-state index contributed by atoms with van der Waals surface area (Å²) in [7, 11) is 8.16. The minimum absolute atomic E-state index is 0.0602. The molecule has 0 N–H and O–H groups in total. The summed E-state index contributed by atoms with van der Waals surface area (Å²) in [5, 5.41) is 1.69. The van der Waals surface area contributed by atoms with E-state index in [0.717, 1.165) is 12.9 Å². The third kappa shape index (κ3) is 6.99. The summed E-state index contributed by atoms with van der Waals surface area (Å²) in [5.41, 5.74) is 1.26. The molecule has 4 aliphatic rings. The van der Waals surface area contributed by atoms with Gasteiger partial charge in [0, 0.05) is 0 Å². The van der Waals surface area contributed by atoms with Gasteiger partial charge in [0.05, 0.1) is 25.3 Å². The molecular weight excluding hydrogens is 378 g/mol. The number of carbonyl (C=O) groups is 1. The van der Waals surface area contributed by atoms with Crippen LogP contribution in [0.1, 0.15) is 53.4 Å². The second-order valence-corrected chi connectivity index (χ2v) is 10.2. The highest BCUT2D eigenvalue weighted by molar-refractivity contribution is 8.02. The van der Waals surface area contributed by atoms with Gasteiger partial charge in [-0.25, -0.2) is 0 Å². The fourth-order valence-corrected chi connectivity index (χ4v) is 3.94. The molecule has 1 unspecified atom stereocenters. The molecule has 3 atom stereocenters. The minimum Gasteiger partial charge on any atom is -0.359 e. The van der Waals surface area contributed by atoms with Gasteiger partial charge in [0.1, 0.15) is 17.7 Å². The number of likely N-dealkylation sites (N-methyl/N-ethyl adjacent to an activating group) is 2. The van der Waals surface area contributed by atoms with E-state index < -0.39 is 0 Å². The second-order valence-electron chi connectivity index (χ2n) is 8.53. The van der Waals surface area contributed by atoms with Crippen LogP contribution in [0.3, 0.4) is 0 Å². The topological polar surface area (TPSA) is 42.0 Å². The van der Waals surface area contributed by atoms with E-state index in [2.05, 4.69) is 40.8 Å². The fraction of sp³-hybridized carbons (Fsp3) is 0.800. The van der Waals surface area contributed by atoms with Gasteiger partial charge in [0.15, 0.2) is 0 Å². The van der Waals surface area contributed by atoms with Crippen molar-refractivity contribution < 1.29 is 14.3 Å². The van der Waals surface area contributed by atoms with Gasteiger partial charge in [-0.05, 0) is 72.8 Å². The summed E-state index contributed by atoms with van der Waals surface area (Å²) in [4.78, 5) is 14.6. The van der Waals surface area contributed by atoms with E-state index in [1.165, 1.54) is 33.6 Å². The molecule has 0 aromatic rings. The van der Waals surface area contributed by atoms with Crippen molar-refractivity contribution in [2.24, 2.45) is 0 Å². The van der Waals surface area contributed by atoms with Crippen LogP contribution >= 0.6 is 16.8 Å². The predicted molar refractivity (Wildman–Crippen MR) is 117 cm³/mol. The molecule has 27 heavy (non-hydrogen) atoms. The molecule has 2 aliphatic heterocycles. The van der Waals surface area contributed by atoms with E-state index >= 15 is 0 Å². The Balaban J connectivity index is 0.000000157. The normalized spacial score (nSPS) is 30.9. The fourth-order valence-electron chi connectivity index (χ4n) is 2.79. The Kier molecular flexibility index (Phi) is 8.20. The summed E-state index contributed by atoms with van der Waals surface area (Å²) >= 11 is 0. The Bertz CT molecular complexity index is 578. The van der Waals surface area contributed by atoms with Crippen LogP contribution in [0.25, 0.3) is 0 Å². The van der Waals surface area contributed by atoms with Gasteiger partial charge in [-0.1, -0.05) is 28.5 Å². The van der Waals surface area contributed by atoms with Crippen molar-refractivity contribution in [3.8, 4) is 0 Å². The zero-order chi connectivity index (χ0) is 20.2. The number of carbonyl (C=O) groups excluding carboxylic acids is 1. The lowest BCUT2D eigenvalue weighted by Crippen LogP contribution is -2.41. The predicted octanol–water partition coefficient (Wildman–Crippen LogP) is 3.71. The van der Waals surface area contributed by atoms with Crippen LogP contribution in [0.4, 0.5) is 0 Å². The molecule has 0 bridgehead atoms. The van der Waals surface area contributed by atoms with Crippen molar-refractivity contribution in [3.05, 3.63) is 11.6 Å². The van der Waals surface area contributed by atoms with Crippen molar-refractivity contribution >= 4 is 28.4 Å². The van der Waals surface area contributed by atoms with E-state index in [9.17, 15) is 4.79 Å². The molecule has 154 valence electrons. The van der Waals surface area contributed by atoms with E-state index in [0.29, 0.717) is 12.6 Å². The maximum absolute atomic E-state index is 10.4. The average molecular weight is 414 g/mol. The van der Waals surface area contributed by atoms with Gasteiger partial charge in [-0.3, -0.25) is 9.80 Å². The van der Waals surface area contributed by atoms with E-state index in [1.807, 2.05) is 25.8 Å². The molecule has 2 aliphatic carbocycles. The molecule has 4 rings (SSSR count). The van der Waals surface area contributed by atoms with Gasteiger partial charge in [0.2, 0.25) is 0 Å². The molecule has 2 saturated carbocycles. The first-order valence-electron chi connectivity index (χ1n) is 9.75. The van der Waals surface area contributed by atoms with Crippen LogP contribution in [0, 0.1) is 0 Å². The maximum atomic E-state index is 10.4. The number of hydrogen-bond acceptors (Lipinski definition) is 5. The number of aldehydes is 1. The lowest BCUT2D eigenvalue weighted by Gasteiger charge is -2.28. The largest absolute Gasteiger partial charge is 0.359 e. The summed E-state index contributed by atoms with van der Waals surface area (Å²) in [6.45, 7) is 9.53. The Labute approximate surface area is 168 Å². The molecule has 0 amide bonds. The quantitative estimate of drug-likeness (QED) is 0.392. The first-order chi connectivity index (χ1) is 12.6. The molecule has 4 fully saturated rings. The van der Waals surface area contributed by atoms with Gasteiger partial charge in [-0.15, -0.1) is 0 Å². The van der Waals surface area contributed by atoms with Crippen molar-refractivity contribution in [3.63, 3.8) is 0 Å². The van der Waals surface area contributed by atoms with E-state index in [-0.39, 0.29) is 17.5 Å². The molecule has 0 aromatic carbocycles. The number of allylic oxidation sites excluding steroid dienone is 1. The summed E-state index contributed by atoms with van der Waals surface area (Å²) < 4.78 is 11.0. The maximum Gasteiger partial charge on any atom is 0.139 e. The molecule has 0 spiro atoms. The van der Waals surface area contributed by atoms with Gasteiger partial charge >= 0.3 is 0 Å². The monoisotopic (exact) mass is 414 g/mol. The Hall–Kier alpha value is -0.150. The van der Waals surface area contributed by atoms with E-state index in [4.69, 9.17) is 9.47 Å². The highest BCUT2D eigenvalue weighted by Crippen LogP contribution is 2.32. The lowest BCUT2D eigenvalue weighted by molar-refractivity contribution is -0.112. The summed E-state index contributed by atoms with van der Waals surface area (Å²) in [6, 6.07) is 0.451. The summed E-state index contributed by atoms with van der Waals surface area (Å²) in [6.07, 6.45) is 8.70. The van der Waals surface area contributed by atoms with Gasteiger partial charge in [0.25, 0.3) is 0 Å². The Morgan fingerprint density at radius 2 is 1.44 bits per heavy atom. The molecule has 7 heteroatoms. The highest BCUT2D eigenvalue weighted by atomic mass is 32.0. The molecule has 2 saturated heterocycles. The Morgan fingerprint density at radius 3 is 1.67 bits per heavy atom. The van der Waals surface area contributed by atoms with Gasteiger partial charge in [-0.2, -0.15) is 0 Å². The second kappa shape index (κ2) is 9.57. The first kappa shape index (κ1) is 23.1. The van der Waals surface area contributed by atoms with Crippen LogP contribution < -0.4 is 0 Å². The van der Waals surface area contributed by atoms with Gasteiger partial charge < -0.3 is 14.3 Å². The zero-order valence-corrected chi connectivity index (χ0v) is 19.7. The minimum atomic E-state index is -0.272. The molecule has 0 radical (unpaired) electrons. The van der Waals surface area contributed by atoms with Crippen molar-refractivity contribution in [1.29, 1.82) is 0 Å². The smallest absolute Gasteiger partial charge is 0.139 e. The Morgan fingerprint density at radius 1 is 0.963 bits per heavy atom. The summed E-state index contributed by atoms with van der Waals surface area (Å²) in [5.74, 6) is 0. The van der Waals surface area contributed by atoms with Crippen molar-refractivity contribution in [2.45, 2.75) is 76.9 Å². The first-order valence-corrected chi connectivity index (χ1v) is 12.3. The standard InChI is InChI=1S/C10H17NO.C7H13NO2.C3H6P2/c1-10(2)11(3)9(7-12-10)6-8-4-5-8;1-7(2)8(3)6(4-9)5-10-7;4-5-3-1-2-3/h6,9H,4-5,7H2,1-3H3;4,6H,5H2,1-3H3;1-2,4H2/t9-;6-;/m00./s1. The number of ether oxygens (including phenoxy) is 2. The van der Waals surface area contributed by atoms with Crippen LogP contribution in [-0.4, -0.2) is 72.2 Å². The van der Waals surface area contributed by atoms with Crippen LogP contribution in [0.15, 0.2) is 11.6 Å². The van der Waals surface area contributed by atoms with E-state index in [1.54, 1.807) is 10.9 Å². The third-order valence-corrected chi connectivity index (χ3v) is 7.60. The molecule has 0 aromatic heterocycles. The SMILES string of the molecule is CN1[C@@H](C=C2CC2)COC1(C)C.CN1[C@@H](C=O)COC1(C)C.PP=C1CC1. The number of hydrogen-bond donors (Lipinski definition) is 0. The van der Waals surface area contributed by atoms with Crippen LogP contribution in [0.5, 0.6) is 0 Å². The lowest BCUT2D eigenvalue weighted by atomic mass is 10.2. The number of rotatable bonds is 2. The zero-order valence-electron chi connectivity index (χ0n) is 17.7. The van der Waals surface area contributed by atoms with Crippen molar-refractivity contribution in [2.75, 3.05) is 27.3 Å². The third-order valence-electron chi connectivity index (χ3n) is 5.69. The number of nitrogens with zero attached hydrogens (tertiary/aromatic N) is 2. The van der Waals surface area contributed by atoms with Crippen molar-refractivity contribution in [1.82, 2.24) is 9.80 Å². The molecule has 2 heterocycles. The van der Waals surface area contributed by atoms with Crippen LogP contribution in [-0.2, 0) is 14.3 Å². The highest BCUT2D eigenvalue weighted by Gasteiger charge is 2.38.